The maximum absolute atomic E-state index is 5.25. The molecule has 1 saturated carbocycles. The van der Waals surface area contributed by atoms with Crippen molar-refractivity contribution in [2.75, 3.05) is 38.2 Å². The summed E-state index contributed by atoms with van der Waals surface area (Å²) in [6, 6.07) is 2.67. The normalized spacial score (nSPS) is 29.2. The summed E-state index contributed by atoms with van der Waals surface area (Å²) in [6.45, 7) is 4.82. The van der Waals surface area contributed by atoms with Gasteiger partial charge in [0, 0.05) is 38.3 Å². The van der Waals surface area contributed by atoms with E-state index in [4.69, 9.17) is 4.74 Å². The summed E-state index contributed by atoms with van der Waals surface area (Å²) >= 11 is 0. The summed E-state index contributed by atoms with van der Waals surface area (Å²) in [4.78, 5) is 13.8. The van der Waals surface area contributed by atoms with Gasteiger partial charge in [-0.1, -0.05) is 6.42 Å². The van der Waals surface area contributed by atoms with Gasteiger partial charge in [0.15, 0.2) is 0 Å². The van der Waals surface area contributed by atoms with E-state index in [0.29, 0.717) is 11.9 Å². The van der Waals surface area contributed by atoms with Crippen molar-refractivity contribution in [3.05, 3.63) is 12.4 Å². The molecule has 120 valence electrons. The molecule has 5 rings (SSSR count). The highest BCUT2D eigenvalue weighted by atomic mass is 16.5. The molecule has 1 aromatic rings. The van der Waals surface area contributed by atoms with Crippen molar-refractivity contribution < 1.29 is 4.74 Å². The Morgan fingerprint density at radius 2 is 2.05 bits per heavy atom. The molecule has 2 atom stereocenters. The molecule has 4 heterocycles. The highest BCUT2D eigenvalue weighted by Gasteiger charge is 2.36. The number of hydrogen-bond donors (Lipinski definition) is 0. The van der Waals surface area contributed by atoms with Crippen LogP contribution in [0.1, 0.15) is 32.1 Å². The van der Waals surface area contributed by atoms with Crippen LogP contribution in [-0.2, 0) is 0 Å². The Morgan fingerprint density at radius 1 is 1.14 bits per heavy atom. The van der Waals surface area contributed by atoms with E-state index >= 15 is 0 Å². The van der Waals surface area contributed by atoms with Crippen molar-refractivity contribution in [3.63, 3.8) is 0 Å². The molecule has 2 bridgehead atoms. The molecule has 0 N–H and O–H groups in total. The summed E-state index contributed by atoms with van der Waals surface area (Å²) < 4.78 is 5.25. The number of anilines is 1. The summed E-state index contributed by atoms with van der Waals surface area (Å²) in [5.41, 5.74) is 0. The lowest BCUT2D eigenvalue weighted by Gasteiger charge is -2.40. The second-order valence-corrected chi connectivity index (χ2v) is 7.17. The first-order valence-electron chi connectivity index (χ1n) is 8.67. The predicted molar refractivity (Wildman–Crippen MR) is 86.2 cm³/mol. The van der Waals surface area contributed by atoms with E-state index in [-0.39, 0.29) is 0 Å². The molecule has 3 saturated heterocycles. The van der Waals surface area contributed by atoms with Crippen LogP contribution in [-0.4, -0.2) is 54.2 Å². The van der Waals surface area contributed by atoms with E-state index < -0.39 is 0 Å². The molecular formula is C17H26N4O. The number of rotatable bonds is 4. The van der Waals surface area contributed by atoms with Crippen LogP contribution in [0.15, 0.2) is 12.4 Å². The second-order valence-electron chi connectivity index (χ2n) is 7.17. The Kier molecular flexibility index (Phi) is 3.90. The monoisotopic (exact) mass is 302 g/mol. The van der Waals surface area contributed by atoms with Gasteiger partial charge < -0.3 is 9.64 Å². The van der Waals surface area contributed by atoms with Gasteiger partial charge in [-0.15, -0.1) is 0 Å². The van der Waals surface area contributed by atoms with Crippen LogP contribution in [0, 0.1) is 11.8 Å². The van der Waals surface area contributed by atoms with Gasteiger partial charge in [0.05, 0.1) is 7.11 Å². The lowest BCUT2D eigenvalue weighted by atomic mass is 9.83. The van der Waals surface area contributed by atoms with Crippen molar-refractivity contribution in [3.8, 4) is 5.88 Å². The first kappa shape index (κ1) is 14.2. The van der Waals surface area contributed by atoms with Gasteiger partial charge in [0.1, 0.15) is 12.1 Å². The molecule has 5 heteroatoms. The molecular weight excluding hydrogens is 276 g/mol. The molecule has 0 radical (unpaired) electrons. The third-order valence-electron chi connectivity index (χ3n) is 5.71. The van der Waals surface area contributed by atoms with Gasteiger partial charge in [0.2, 0.25) is 5.88 Å². The van der Waals surface area contributed by atoms with E-state index in [1.807, 2.05) is 6.07 Å². The Labute approximate surface area is 132 Å². The zero-order chi connectivity index (χ0) is 14.9. The molecule has 22 heavy (non-hydrogen) atoms. The van der Waals surface area contributed by atoms with E-state index in [1.165, 1.54) is 45.2 Å². The maximum atomic E-state index is 5.25. The lowest BCUT2D eigenvalue weighted by Crippen LogP contribution is -2.47. The first-order chi connectivity index (χ1) is 10.8. The fraction of sp³-hybridized carbons (Fsp3) is 0.765. The van der Waals surface area contributed by atoms with Crippen LogP contribution in [0.5, 0.6) is 5.88 Å². The molecule has 5 nitrogen and oxygen atoms in total. The van der Waals surface area contributed by atoms with E-state index in [2.05, 4.69) is 19.8 Å². The van der Waals surface area contributed by atoms with Crippen molar-refractivity contribution in [1.82, 2.24) is 14.9 Å². The standard InChI is InChI=1S/C17H26N4O/c1-22-17-7-16(18-12-19-17)21-10-14-5-6-15(11-21)20(9-14)8-13-3-2-4-13/h7,12-15H,2-6,8-11H2,1H3/t14-,15-/m1/s1. The maximum Gasteiger partial charge on any atom is 0.218 e. The number of aromatic nitrogens is 2. The number of methoxy groups -OCH3 is 1. The van der Waals surface area contributed by atoms with Gasteiger partial charge in [-0.2, -0.15) is 0 Å². The quantitative estimate of drug-likeness (QED) is 0.853. The van der Waals surface area contributed by atoms with Crippen LogP contribution in [0.3, 0.4) is 0 Å². The van der Waals surface area contributed by atoms with Gasteiger partial charge in [0.25, 0.3) is 0 Å². The summed E-state index contributed by atoms with van der Waals surface area (Å²) in [6.07, 6.45) is 8.66. The molecule has 1 aliphatic carbocycles. The largest absolute Gasteiger partial charge is 0.481 e. The van der Waals surface area contributed by atoms with E-state index in [9.17, 15) is 0 Å². The number of piperidine rings is 1. The summed E-state index contributed by atoms with van der Waals surface area (Å²) in [5.74, 6) is 3.42. The van der Waals surface area contributed by atoms with E-state index in [1.54, 1.807) is 13.4 Å². The van der Waals surface area contributed by atoms with Crippen molar-refractivity contribution in [2.24, 2.45) is 11.8 Å². The van der Waals surface area contributed by atoms with Crippen molar-refractivity contribution >= 4 is 5.82 Å². The van der Waals surface area contributed by atoms with Gasteiger partial charge in [-0.3, -0.25) is 4.90 Å². The van der Waals surface area contributed by atoms with Gasteiger partial charge in [-0.25, -0.2) is 9.97 Å². The van der Waals surface area contributed by atoms with Crippen molar-refractivity contribution in [1.29, 1.82) is 0 Å². The Hall–Kier alpha value is -1.36. The molecule has 0 aromatic carbocycles. The van der Waals surface area contributed by atoms with Crippen LogP contribution in [0.25, 0.3) is 0 Å². The molecule has 3 aliphatic heterocycles. The zero-order valence-corrected chi connectivity index (χ0v) is 13.4. The number of hydrogen-bond acceptors (Lipinski definition) is 5. The molecule has 0 spiro atoms. The molecule has 4 aliphatic rings. The number of fused-ring (bicyclic) bond motifs is 4. The predicted octanol–water partition coefficient (Wildman–Crippen LogP) is 2.19. The smallest absolute Gasteiger partial charge is 0.218 e. The lowest BCUT2D eigenvalue weighted by molar-refractivity contribution is 0.0917. The average Bonchev–Trinajstić information content (AvgIpc) is 2.82. The highest BCUT2D eigenvalue weighted by molar-refractivity contribution is 5.41. The Morgan fingerprint density at radius 3 is 2.82 bits per heavy atom. The topological polar surface area (TPSA) is 41.5 Å². The van der Waals surface area contributed by atoms with Crippen LogP contribution >= 0.6 is 0 Å². The number of nitrogens with zero attached hydrogens (tertiary/aromatic N) is 4. The van der Waals surface area contributed by atoms with Crippen LogP contribution in [0.2, 0.25) is 0 Å². The zero-order valence-electron chi connectivity index (χ0n) is 13.4. The van der Waals surface area contributed by atoms with Gasteiger partial charge >= 0.3 is 0 Å². The minimum absolute atomic E-state index is 0.660. The van der Waals surface area contributed by atoms with Gasteiger partial charge in [-0.05, 0) is 37.5 Å². The average molecular weight is 302 g/mol. The number of ether oxygens (including phenoxy) is 1. The molecule has 1 aromatic heterocycles. The van der Waals surface area contributed by atoms with Crippen molar-refractivity contribution in [2.45, 2.75) is 38.1 Å². The summed E-state index contributed by atoms with van der Waals surface area (Å²) in [5, 5.41) is 0. The summed E-state index contributed by atoms with van der Waals surface area (Å²) in [7, 11) is 1.67. The fourth-order valence-electron chi connectivity index (χ4n) is 4.21. The third kappa shape index (κ3) is 2.78. The minimum atomic E-state index is 0.660. The van der Waals surface area contributed by atoms with Crippen LogP contribution in [0.4, 0.5) is 5.82 Å². The third-order valence-corrected chi connectivity index (χ3v) is 5.71. The molecule has 0 unspecified atom stereocenters. The second kappa shape index (κ2) is 6.03. The van der Waals surface area contributed by atoms with E-state index in [0.717, 1.165) is 30.7 Å². The Bertz CT molecular complexity index is 519. The van der Waals surface area contributed by atoms with Crippen LogP contribution < -0.4 is 9.64 Å². The molecule has 4 fully saturated rings. The fourth-order valence-corrected chi connectivity index (χ4v) is 4.21. The Balaban J connectivity index is 1.49. The first-order valence-corrected chi connectivity index (χ1v) is 8.67. The highest BCUT2D eigenvalue weighted by Crippen LogP contribution is 2.34. The molecule has 0 amide bonds. The SMILES string of the molecule is COc1cc(N2C[C@@H]3CC[C@H](C2)N(CC2CCC2)C3)ncn1. The minimum Gasteiger partial charge on any atom is -0.481 e.